The van der Waals surface area contributed by atoms with Crippen molar-refractivity contribution in [2.75, 3.05) is 5.32 Å². The Labute approximate surface area is 113 Å². The molecule has 0 spiro atoms. The van der Waals surface area contributed by atoms with Crippen LogP contribution in [0.2, 0.25) is 0 Å². The number of amides is 1. The molecule has 5 heteroatoms. The Morgan fingerprint density at radius 3 is 2.61 bits per heavy atom. The van der Waals surface area contributed by atoms with Crippen molar-refractivity contribution in [2.24, 2.45) is 5.73 Å². The molecule has 92 valence electrons. The van der Waals surface area contributed by atoms with Crippen molar-refractivity contribution in [3.05, 3.63) is 58.8 Å². The number of hydrogen-bond donors (Lipinski definition) is 2. The third kappa shape index (κ3) is 2.94. The summed E-state index contributed by atoms with van der Waals surface area (Å²) in [6.45, 7) is 0. The van der Waals surface area contributed by atoms with Gasteiger partial charge >= 0.3 is 0 Å². The second kappa shape index (κ2) is 5.75. The number of benzene rings is 1. The zero-order chi connectivity index (χ0) is 13.0. The van der Waals surface area contributed by atoms with Crippen molar-refractivity contribution < 1.29 is 4.79 Å². The molecule has 4 nitrogen and oxygen atoms in total. The van der Waals surface area contributed by atoms with Crippen LogP contribution in [-0.4, -0.2) is 10.9 Å². The largest absolute Gasteiger partial charge is 0.322 e. The molecule has 2 rings (SSSR count). The maximum Gasteiger partial charge on any atom is 0.245 e. The summed E-state index contributed by atoms with van der Waals surface area (Å²) in [6, 6.07) is 12.0. The number of rotatable bonds is 3. The quantitative estimate of drug-likeness (QED) is 0.856. The average Bonchev–Trinajstić information content (AvgIpc) is 2.41. The zero-order valence-corrected chi connectivity index (χ0v) is 11.1. The van der Waals surface area contributed by atoms with Gasteiger partial charge in [0.05, 0.1) is 5.69 Å². The van der Waals surface area contributed by atoms with Crippen LogP contribution in [0.4, 0.5) is 5.69 Å². The van der Waals surface area contributed by atoms with Crippen molar-refractivity contribution in [1.82, 2.24) is 4.98 Å². The van der Waals surface area contributed by atoms with E-state index in [1.165, 1.54) is 0 Å². The maximum atomic E-state index is 12.0. The van der Waals surface area contributed by atoms with E-state index >= 15 is 0 Å². The van der Waals surface area contributed by atoms with Gasteiger partial charge in [-0.15, -0.1) is 0 Å². The predicted octanol–water partition coefficient (Wildman–Crippen LogP) is 2.48. The minimum atomic E-state index is -0.696. The van der Waals surface area contributed by atoms with Crippen LogP contribution < -0.4 is 11.1 Å². The monoisotopic (exact) mass is 305 g/mol. The highest BCUT2D eigenvalue weighted by atomic mass is 79.9. The molecule has 1 heterocycles. The molecule has 0 radical (unpaired) electrons. The molecule has 0 aliphatic heterocycles. The SMILES string of the molecule is NC(C(=O)Nc1cccnc1Br)c1ccccc1. The van der Waals surface area contributed by atoms with Crippen LogP contribution in [0.1, 0.15) is 11.6 Å². The Morgan fingerprint density at radius 1 is 1.22 bits per heavy atom. The van der Waals surface area contributed by atoms with Gasteiger partial charge in [-0.05, 0) is 33.6 Å². The van der Waals surface area contributed by atoms with Gasteiger partial charge in [0.1, 0.15) is 10.6 Å². The Hall–Kier alpha value is -1.72. The highest BCUT2D eigenvalue weighted by Gasteiger charge is 2.16. The number of hydrogen-bond acceptors (Lipinski definition) is 3. The van der Waals surface area contributed by atoms with E-state index < -0.39 is 6.04 Å². The number of carbonyl (C=O) groups excluding carboxylic acids is 1. The summed E-state index contributed by atoms with van der Waals surface area (Å²) in [4.78, 5) is 16.0. The molecule has 0 aliphatic carbocycles. The Kier molecular flexibility index (Phi) is 4.07. The predicted molar refractivity (Wildman–Crippen MR) is 73.9 cm³/mol. The molecule has 1 aromatic heterocycles. The van der Waals surface area contributed by atoms with Crippen molar-refractivity contribution in [2.45, 2.75) is 6.04 Å². The molecule has 18 heavy (non-hydrogen) atoms. The molecule has 0 fully saturated rings. The lowest BCUT2D eigenvalue weighted by Gasteiger charge is -2.13. The molecule has 0 aliphatic rings. The summed E-state index contributed by atoms with van der Waals surface area (Å²) in [5.74, 6) is -0.269. The van der Waals surface area contributed by atoms with E-state index in [0.717, 1.165) is 5.56 Å². The van der Waals surface area contributed by atoms with E-state index in [0.29, 0.717) is 10.3 Å². The molecule has 1 aromatic carbocycles. The molecule has 0 saturated heterocycles. The third-order valence-electron chi connectivity index (χ3n) is 2.46. The van der Waals surface area contributed by atoms with Crippen LogP contribution in [0.3, 0.4) is 0 Å². The van der Waals surface area contributed by atoms with Gasteiger partial charge in [0, 0.05) is 6.20 Å². The van der Waals surface area contributed by atoms with Gasteiger partial charge in [-0.3, -0.25) is 4.79 Å². The van der Waals surface area contributed by atoms with E-state index in [9.17, 15) is 4.79 Å². The molecule has 1 atom stereocenters. The van der Waals surface area contributed by atoms with Crippen LogP contribution in [0, 0.1) is 0 Å². The molecule has 1 amide bonds. The number of aromatic nitrogens is 1. The van der Waals surface area contributed by atoms with E-state index in [-0.39, 0.29) is 5.91 Å². The fourth-order valence-electron chi connectivity index (χ4n) is 1.50. The maximum absolute atomic E-state index is 12.0. The summed E-state index contributed by atoms with van der Waals surface area (Å²) in [7, 11) is 0. The minimum absolute atomic E-state index is 0.269. The van der Waals surface area contributed by atoms with E-state index in [1.54, 1.807) is 18.3 Å². The van der Waals surface area contributed by atoms with Gasteiger partial charge in [-0.25, -0.2) is 4.98 Å². The summed E-state index contributed by atoms with van der Waals surface area (Å²) in [6.07, 6.45) is 1.64. The van der Waals surface area contributed by atoms with Crippen molar-refractivity contribution in [3.8, 4) is 0 Å². The molecule has 1 unspecified atom stereocenters. The fraction of sp³-hybridized carbons (Fsp3) is 0.0769. The van der Waals surface area contributed by atoms with Crippen LogP contribution in [-0.2, 0) is 4.79 Å². The fourth-order valence-corrected chi connectivity index (χ4v) is 1.85. The van der Waals surface area contributed by atoms with Gasteiger partial charge in [0.15, 0.2) is 0 Å². The van der Waals surface area contributed by atoms with Crippen molar-refractivity contribution in [1.29, 1.82) is 0 Å². The lowest BCUT2D eigenvalue weighted by atomic mass is 10.1. The number of anilines is 1. The van der Waals surface area contributed by atoms with Crippen LogP contribution in [0.15, 0.2) is 53.3 Å². The highest BCUT2D eigenvalue weighted by molar-refractivity contribution is 9.10. The third-order valence-corrected chi connectivity index (χ3v) is 3.09. The zero-order valence-electron chi connectivity index (χ0n) is 9.51. The lowest BCUT2D eigenvalue weighted by Crippen LogP contribution is -2.27. The first kappa shape index (κ1) is 12.7. The molecule has 0 bridgehead atoms. The summed E-state index contributed by atoms with van der Waals surface area (Å²) in [5, 5.41) is 2.74. The molecule has 0 saturated carbocycles. The normalized spacial score (nSPS) is 11.9. The molecule has 2 aromatic rings. The average molecular weight is 306 g/mol. The van der Waals surface area contributed by atoms with Crippen molar-refractivity contribution >= 4 is 27.5 Å². The Balaban J connectivity index is 2.12. The van der Waals surface area contributed by atoms with Gasteiger partial charge in [-0.2, -0.15) is 0 Å². The first-order valence-corrected chi connectivity index (χ1v) is 6.19. The minimum Gasteiger partial charge on any atom is -0.322 e. The van der Waals surface area contributed by atoms with Gasteiger partial charge in [0.2, 0.25) is 5.91 Å². The van der Waals surface area contributed by atoms with Crippen LogP contribution in [0.25, 0.3) is 0 Å². The molecule has 3 N–H and O–H groups in total. The Morgan fingerprint density at radius 2 is 1.94 bits per heavy atom. The first-order valence-electron chi connectivity index (χ1n) is 5.40. The lowest BCUT2D eigenvalue weighted by molar-refractivity contribution is -0.117. The van der Waals surface area contributed by atoms with Crippen molar-refractivity contribution in [3.63, 3.8) is 0 Å². The number of pyridine rings is 1. The second-order valence-corrected chi connectivity index (χ2v) is 4.47. The van der Waals surface area contributed by atoms with Gasteiger partial charge in [0.25, 0.3) is 0 Å². The van der Waals surface area contributed by atoms with Gasteiger partial charge < -0.3 is 11.1 Å². The summed E-state index contributed by atoms with van der Waals surface area (Å²) >= 11 is 3.26. The summed E-state index contributed by atoms with van der Waals surface area (Å²) < 4.78 is 0.582. The first-order chi connectivity index (χ1) is 8.68. The van der Waals surface area contributed by atoms with Crippen LogP contribution >= 0.6 is 15.9 Å². The second-order valence-electron chi connectivity index (χ2n) is 3.72. The van der Waals surface area contributed by atoms with E-state index in [2.05, 4.69) is 26.2 Å². The number of nitrogens with two attached hydrogens (primary N) is 1. The standard InChI is InChI=1S/C13H12BrN3O/c14-12-10(7-4-8-16-12)17-13(18)11(15)9-5-2-1-3-6-9/h1-8,11H,15H2,(H,17,18). The number of nitrogens with zero attached hydrogens (tertiary/aromatic N) is 1. The number of carbonyl (C=O) groups is 1. The highest BCUT2D eigenvalue weighted by Crippen LogP contribution is 2.20. The Bertz CT molecular complexity index is 545. The van der Waals surface area contributed by atoms with Gasteiger partial charge in [-0.1, -0.05) is 30.3 Å². The smallest absolute Gasteiger partial charge is 0.245 e. The molecular weight excluding hydrogens is 294 g/mol. The summed E-state index contributed by atoms with van der Waals surface area (Å²) in [5.41, 5.74) is 7.27. The number of nitrogens with one attached hydrogen (secondary N) is 1. The van der Waals surface area contributed by atoms with E-state index in [4.69, 9.17) is 5.73 Å². The van der Waals surface area contributed by atoms with E-state index in [1.807, 2.05) is 30.3 Å². The number of halogens is 1. The van der Waals surface area contributed by atoms with Crippen LogP contribution in [0.5, 0.6) is 0 Å². The molecular formula is C13H12BrN3O. The topological polar surface area (TPSA) is 68.0 Å².